The fourth-order valence-electron chi connectivity index (χ4n) is 3.55. The molecule has 0 aliphatic carbocycles. The van der Waals surface area contributed by atoms with Crippen LogP contribution < -0.4 is 9.11 Å². The molecular weight excluding hydrogens is 442 g/mol. The van der Waals surface area contributed by atoms with E-state index in [1.165, 1.54) is 39.9 Å². The molecule has 0 saturated carbocycles. The van der Waals surface area contributed by atoms with E-state index in [4.69, 9.17) is 0 Å². The van der Waals surface area contributed by atoms with Crippen LogP contribution in [0.25, 0.3) is 10.2 Å². The summed E-state index contributed by atoms with van der Waals surface area (Å²) in [6, 6.07) is 22.8. The van der Waals surface area contributed by atoms with Gasteiger partial charge in [-0.3, -0.25) is 9.10 Å². The van der Waals surface area contributed by atoms with Gasteiger partial charge in [0.25, 0.3) is 15.9 Å². The van der Waals surface area contributed by atoms with E-state index in [9.17, 15) is 13.2 Å². The molecule has 8 heteroatoms. The van der Waals surface area contributed by atoms with Crippen molar-refractivity contribution >= 4 is 43.2 Å². The van der Waals surface area contributed by atoms with Crippen molar-refractivity contribution in [1.82, 2.24) is 4.57 Å². The molecule has 1 aromatic heterocycles. The molecule has 1 heterocycles. The van der Waals surface area contributed by atoms with E-state index >= 15 is 0 Å². The Balaban J connectivity index is 1.65. The van der Waals surface area contributed by atoms with Crippen LogP contribution in [-0.4, -0.2) is 25.4 Å². The second-order valence-electron chi connectivity index (χ2n) is 7.04. The molecule has 0 spiro atoms. The molecule has 4 rings (SSSR count). The van der Waals surface area contributed by atoms with Crippen LogP contribution in [0, 0.1) is 0 Å². The predicted molar refractivity (Wildman–Crippen MR) is 128 cm³/mol. The van der Waals surface area contributed by atoms with Gasteiger partial charge in [0.1, 0.15) is 0 Å². The lowest BCUT2D eigenvalue weighted by atomic mass is 10.2. The average Bonchev–Trinajstić information content (AvgIpc) is 3.17. The number of nitrogens with zero attached hydrogens (tertiary/aromatic N) is 3. The van der Waals surface area contributed by atoms with E-state index in [2.05, 4.69) is 4.99 Å². The number of para-hydroxylation sites is 2. The maximum Gasteiger partial charge on any atom is 0.279 e. The summed E-state index contributed by atoms with van der Waals surface area (Å²) in [5.41, 5.74) is 1.97. The molecule has 0 aliphatic heterocycles. The number of aromatic nitrogens is 1. The number of hydrogen-bond acceptors (Lipinski definition) is 4. The van der Waals surface area contributed by atoms with Gasteiger partial charge < -0.3 is 4.57 Å². The van der Waals surface area contributed by atoms with Gasteiger partial charge in [0.05, 0.1) is 20.8 Å². The van der Waals surface area contributed by atoms with Crippen molar-refractivity contribution in [1.29, 1.82) is 0 Å². The first-order valence-electron chi connectivity index (χ1n) is 10.3. The second-order valence-corrected chi connectivity index (χ2v) is 9.91. The minimum atomic E-state index is -3.74. The zero-order valence-corrected chi connectivity index (χ0v) is 19.4. The molecule has 0 saturated heterocycles. The highest BCUT2D eigenvalue weighted by Crippen LogP contribution is 2.23. The average molecular weight is 466 g/mol. The normalized spacial score (nSPS) is 12.2. The Kier molecular flexibility index (Phi) is 6.25. The van der Waals surface area contributed by atoms with Crippen LogP contribution in [0.4, 0.5) is 5.69 Å². The standard InChI is InChI=1S/C24H23N3O3S2/c1-3-26-21-12-8-9-13-22(21)31-24(26)25-23(28)18-14-16-20(17-15-18)32(29,30)27(4-2)19-10-6-5-7-11-19/h5-17H,3-4H2,1-2H3. The molecule has 1 amide bonds. The highest BCUT2D eigenvalue weighted by molar-refractivity contribution is 7.92. The van der Waals surface area contributed by atoms with E-state index in [-0.39, 0.29) is 4.90 Å². The van der Waals surface area contributed by atoms with Gasteiger partial charge in [-0.05, 0) is 62.4 Å². The topological polar surface area (TPSA) is 71.7 Å². The molecule has 0 bridgehead atoms. The van der Waals surface area contributed by atoms with Crippen LogP contribution in [-0.2, 0) is 16.6 Å². The number of carbonyl (C=O) groups is 1. The van der Waals surface area contributed by atoms with Gasteiger partial charge in [-0.1, -0.05) is 41.7 Å². The molecule has 0 unspecified atom stereocenters. The van der Waals surface area contributed by atoms with Gasteiger partial charge in [-0.25, -0.2) is 8.42 Å². The number of aryl methyl sites for hydroxylation is 1. The minimum Gasteiger partial charge on any atom is -0.317 e. The number of thiazole rings is 1. The molecule has 0 radical (unpaired) electrons. The highest BCUT2D eigenvalue weighted by atomic mass is 32.2. The molecule has 4 aromatic rings. The van der Waals surface area contributed by atoms with Crippen molar-refractivity contribution < 1.29 is 13.2 Å². The first-order valence-corrected chi connectivity index (χ1v) is 12.6. The molecular formula is C24H23N3O3S2. The summed E-state index contributed by atoms with van der Waals surface area (Å²) >= 11 is 1.46. The Bertz CT molecular complexity index is 1420. The van der Waals surface area contributed by atoms with Crippen molar-refractivity contribution in [2.45, 2.75) is 25.3 Å². The van der Waals surface area contributed by atoms with E-state index < -0.39 is 15.9 Å². The number of carbonyl (C=O) groups excluding carboxylic acids is 1. The lowest BCUT2D eigenvalue weighted by Gasteiger charge is -2.22. The molecule has 164 valence electrons. The molecule has 3 aromatic carbocycles. The first kappa shape index (κ1) is 22.0. The number of sulfonamides is 1. The van der Waals surface area contributed by atoms with Crippen LogP contribution >= 0.6 is 11.3 Å². The van der Waals surface area contributed by atoms with Gasteiger partial charge in [0.15, 0.2) is 4.80 Å². The maximum atomic E-state index is 13.1. The molecule has 0 N–H and O–H groups in total. The summed E-state index contributed by atoms with van der Waals surface area (Å²) in [6.07, 6.45) is 0. The van der Waals surface area contributed by atoms with Crippen molar-refractivity contribution in [3.8, 4) is 0 Å². The van der Waals surface area contributed by atoms with Crippen molar-refractivity contribution in [2.75, 3.05) is 10.8 Å². The number of amides is 1. The van der Waals surface area contributed by atoms with E-state index in [1.54, 1.807) is 31.2 Å². The lowest BCUT2D eigenvalue weighted by molar-refractivity contribution is 0.0997. The predicted octanol–water partition coefficient (Wildman–Crippen LogP) is 4.68. The summed E-state index contributed by atoms with van der Waals surface area (Å²) in [7, 11) is -3.74. The van der Waals surface area contributed by atoms with Gasteiger partial charge in [-0.15, -0.1) is 0 Å². The summed E-state index contributed by atoms with van der Waals surface area (Å²) in [5, 5.41) is 0. The lowest BCUT2D eigenvalue weighted by Crippen LogP contribution is -2.30. The summed E-state index contributed by atoms with van der Waals surface area (Å²) in [4.78, 5) is 17.9. The fourth-order valence-corrected chi connectivity index (χ4v) is 6.11. The smallest absolute Gasteiger partial charge is 0.279 e. The fraction of sp³-hybridized carbons (Fsp3) is 0.167. The Hall–Kier alpha value is -3.23. The number of hydrogen-bond donors (Lipinski definition) is 0. The van der Waals surface area contributed by atoms with Gasteiger partial charge in [0, 0.05) is 18.7 Å². The van der Waals surface area contributed by atoms with Gasteiger partial charge in [0.2, 0.25) is 0 Å². The molecule has 6 nitrogen and oxygen atoms in total. The largest absolute Gasteiger partial charge is 0.317 e. The van der Waals surface area contributed by atoms with Crippen molar-refractivity contribution in [3.05, 3.63) is 89.2 Å². The van der Waals surface area contributed by atoms with Crippen LogP contribution in [0.3, 0.4) is 0 Å². The van der Waals surface area contributed by atoms with Crippen LogP contribution in [0.1, 0.15) is 24.2 Å². The monoisotopic (exact) mass is 465 g/mol. The van der Waals surface area contributed by atoms with E-state index in [0.29, 0.717) is 29.1 Å². The summed E-state index contributed by atoms with van der Waals surface area (Å²) in [5.74, 6) is -0.405. The molecule has 0 atom stereocenters. The van der Waals surface area contributed by atoms with E-state index in [0.717, 1.165) is 10.2 Å². The zero-order chi connectivity index (χ0) is 22.7. The Morgan fingerprint density at radius 2 is 1.59 bits per heavy atom. The Morgan fingerprint density at radius 1 is 0.938 bits per heavy atom. The third-order valence-corrected chi connectivity index (χ3v) is 8.10. The zero-order valence-electron chi connectivity index (χ0n) is 17.8. The summed E-state index contributed by atoms with van der Waals surface area (Å²) in [6.45, 7) is 4.79. The van der Waals surface area contributed by atoms with Gasteiger partial charge >= 0.3 is 0 Å². The quantitative estimate of drug-likeness (QED) is 0.415. The van der Waals surface area contributed by atoms with Crippen LogP contribution in [0.15, 0.2) is 88.8 Å². The van der Waals surface area contributed by atoms with Crippen molar-refractivity contribution in [2.24, 2.45) is 4.99 Å². The Labute approximate surface area is 191 Å². The number of rotatable bonds is 6. The number of fused-ring (bicyclic) bond motifs is 1. The SMILES string of the molecule is CCN(c1ccccc1)S(=O)(=O)c1ccc(C(=O)N=c2sc3ccccc3n2CC)cc1. The second kappa shape index (κ2) is 9.10. The molecule has 0 aliphatic rings. The summed E-state index contributed by atoms with van der Waals surface area (Å²) < 4.78 is 30.7. The third kappa shape index (κ3) is 4.11. The van der Waals surface area contributed by atoms with Crippen LogP contribution in [0.5, 0.6) is 0 Å². The molecule has 0 fully saturated rings. The molecule has 32 heavy (non-hydrogen) atoms. The van der Waals surface area contributed by atoms with E-state index in [1.807, 2.05) is 41.8 Å². The number of benzene rings is 3. The third-order valence-electron chi connectivity index (χ3n) is 5.12. The van der Waals surface area contributed by atoms with Crippen molar-refractivity contribution in [3.63, 3.8) is 0 Å². The number of anilines is 1. The van der Waals surface area contributed by atoms with Crippen LogP contribution in [0.2, 0.25) is 0 Å². The highest BCUT2D eigenvalue weighted by Gasteiger charge is 2.23. The Morgan fingerprint density at radius 3 is 2.25 bits per heavy atom. The minimum absolute atomic E-state index is 0.130. The van der Waals surface area contributed by atoms with Gasteiger partial charge in [-0.2, -0.15) is 4.99 Å². The maximum absolute atomic E-state index is 13.1. The first-order chi connectivity index (χ1) is 15.5.